The zero-order chi connectivity index (χ0) is 15.0. The van der Waals surface area contributed by atoms with Crippen molar-refractivity contribution in [2.24, 2.45) is 4.99 Å². The van der Waals surface area contributed by atoms with Crippen molar-refractivity contribution in [3.63, 3.8) is 0 Å². The quantitative estimate of drug-likeness (QED) is 0.412. The van der Waals surface area contributed by atoms with E-state index < -0.39 is 0 Å². The maximum Gasteiger partial charge on any atom is 0.243 e. The van der Waals surface area contributed by atoms with Crippen LogP contribution in [0.4, 0.5) is 0 Å². The van der Waals surface area contributed by atoms with Crippen LogP contribution in [-0.2, 0) is 17.8 Å². The molecule has 6 nitrogen and oxygen atoms in total. The summed E-state index contributed by atoms with van der Waals surface area (Å²) in [6, 6.07) is 0. The van der Waals surface area contributed by atoms with Gasteiger partial charge in [-0.2, -0.15) is 0 Å². The van der Waals surface area contributed by atoms with Crippen LogP contribution in [0.15, 0.2) is 11.2 Å². The Hall–Kier alpha value is -0.900. The Labute approximate surface area is 147 Å². The van der Waals surface area contributed by atoms with Gasteiger partial charge in [0.25, 0.3) is 0 Å². The van der Waals surface area contributed by atoms with Crippen LogP contribution in [0.5, 0.6) is 0 Å². The highest BCUT2D eigenvalue weighted by Crippen LogP contribution is 2.12. The Morgan fingerprint density at radius 3 is 2.62 bits per heavy atom. The molecule has 8 heteroatoms. The van der Waals surface area contributed by atoms with Gasteiger partial charge in [0.15, 0.2) is 5.96 Å². The van der Waals surface area contributed by atoms with Crippen LogP contribution >= 0.6 is 35.3 Å². The summed E-state index contributed by atoms with van der Waals surface area (Å²) in [4.78, 5) is 22.9. The van der Waals surface area contributed by atoms with Gasteiger partial charge in [0.05, 0.1) is 6.54 Å². The molecule has 0 unspecified atom stereocenters. The highest BCUT2D eigenvalue weighted by molar-refractivity contribution is 14.0. The lowest BCUT2D eigenvalue weighted by Gasteiger charge is -2.11. The van der Waals surface area contributed by atoms with Crippen LogP contribution in [0.2, 0.25) is 0 Å². The number of aliphatic imine (C=N–C) groups is 1. The highest BCUT2D eigenvalue weighted by Gasteiger charge is 2.05. The third-order valence-corrected chi connectivity index (χ3v) is 3.71. The van der Waals surface area contributed by atoms with Crippen molar-refractivity contribution in [3.8, 4) is 0 Å². The van der Waals surface area contributed by atoms with E-state index in [0.29, 0.717) is 12.5 Å². The third kappa shape index (κ3) is 7.60. The topological polar surface area (TPSA) is 69.6 Å². The number of rotatable bonds is 6. The van der Waals surface area contributed by atoms with Gasteiger partial charge in [-0.15, -0.1) is 35.3 Å². The van der Waals surface area contributed by atoms with E-state index in [1.54, 1.807) is 25.4 Å². The van der Waals surface area contributed by atoms with Crippen LogP contribution in [0, 0.1) is 0 Å². The Morgan fingerprint density at radius 1 is 1.38 bits per heavy atom. The lowest BCUT2D eigenvalue weighted by Crippen LogP contribution is -2.38. The maximum atomic E-state index is 11.5. The van der Waals surface area contributed by atoms with Gasteiger partial charge in [-0.1, -0.05) is 6.92 Å². The molecule has 1 amide bonds. The minimum atomic E-state index is -0.0234. The van der Waals surface area contributed by atoms with Gasteiger partial charge in [-0.3, -0.25) is 4.79 Å². The van der Waals surface area contributed by atoms with Crippen molar-refractivity contribution in [1.82, 2.24) is 20.5 Å². The molecular weight excluding hydrogens is 401 g/mol. The van der Waals surface area contributed by atoms with Crippen molar-refractivity contribution in [1.29, 1.82) is 0 Å². The number of thiazole rings is 1. The molecule has 0 aliphatic heterocycles. The molecule has 2 N–H and O–H groups in total. The molecule has 0 atom stereocenters. The molecule has 0 aromatic carbocycles. The summed E-state index contributed by atoms with van der Waals surface area (Å²) in [6.07, 6.45) is 2.91. The van der Waals surface area contributed by atoms with Gasteiger partial charge in [0.2, 0.25) is 5.91 Å². The summed E-state index contributed by atoms with van der Waals surface area (Å²) >= 11 is 1.69. The number of carbonyl (C=O) groups is 1. The SMILES string of the molecule is CCNC(=NCC(=O)N(C)C)NCc1ncc(CC)s1.I. The fourth-order valence-electron chi connectivity index (χ4n) is 1.38. The lowest BCUT2D eigenvalue weighted by atomic mass is 10.4. The second-order valence-corrected chi connectivity index (χ2v) is 5.61. The van der Waals surface area contributed by atoms with E-state index >= 15 is 0 Å². The summed E-state index contributed by atoms with van der Waals surface area (Å²) in [5.74, 6) is 0.612. The number of halogens is 1. The number of hydrogen-bond acceptors (Lipinski definition) is 4. The van der Waals surface area contributed by atoms with Crippen LogP contribution in [0.1, 0.15) is 23.7 Å². The predicted octanol–water partition coefficient (Wildman–Crippen LogP) is 1.47. The van der Waals surface area contributed by atoms with Gasteiger partial charge in [-0.05, 0) is 13.3 Å². The van der Waals surface area contributed by atoms with Crippen molar-refractivity contribution in [2.75, 3.05) is 27.2 Å². The molecule has 0 saturated heterocycles. The second kappa shape index (κ2) is 10.8. The van der Waals surface area contributed by atoms with E-state index in [1.807, 2.05) is 13.1 Å². The summed E-state index contributed by atoms with van der Waals surface area (Å²) in [5.41, 5.74) is 0. The molecule has 0 spiro atoms. The smallest absolute Gasteiger partial charge is 0.243 e. The van der Waals surface area contributed by atoms with E-state index in [0.717, 1.165) is 18.0 Å². The first-order chi connectivity index (χ1) is 9.56. The highest BCUT2D eigenvalue weighted by atomic mass is 127. The molecule has 1 aromatic heterocycles. The van der Waals surface area contributed by atoms with E-state index in [9.17, 15) is 4.79 Å². The summed E-state index contributed by atoms with van der Waals surface area (Å²) in [7, 11) is 3.44. The summed E-state index contributed by atoms with van der Waals surface area (Å²) in [6.45, 7) is 5.61. The van der Waals surface area contributed by atoms with Crippen molar-refractivity contribution in [3.05, 3.63) is 16.1 Å². The van der Waals surface area contributed by atoms with Crippen molar-refractivity contribution >= 4 is 47.2 Å². The number of likely N-dealkylation sites (N-methyl/N-ethyl adjacent to an activating group) is 1. The van der Waals surface area contributed by atoms with Gasteiger partial charge >= 0.3 is 0 Å². The first kappa shape index (κ1) is 20.1. The van der Waals surface area contributed by atoms with E-state index in [1.165, 1.54) is 9.78 Å². The molecule has 1 aromatic rings. The number of nitrogens with zero attached hydrogens (tertiary/aromatic N) is 3. The van der Waals surface area contributed by atoms with E-state index in [2.05, 4.69) is 27.5 Å². The predicted molar refractivity (Wildman–Crippen MR) is 98.4 cm³/mol. The lowest BCUT2D eigenvalue weighted by molar-refractivity contribution is -0.127. The largest absolute Gasteiger partial charge is 0.357 e. The monoisotopic (exact) mass is 425 g/mol. The number of guanidine groups is 1. The molecule has 0 fully saturated rings. The molecule has 0 bridgehead atoms. The Morgan fingerprint density at radius 2 is 2.10 bits per heavy atom. The Bertz CT molecular complexity index is 461. The molecule has 0 aliphatic rings. The van der Waals surface area contributed by atoms with Gasteiger partial charge in [0, 0.05) is 31.7 Å². The van der Waals surface area contributed by atoms with Crippen molar-refractivity contribution in [2.45, 2.75) is 26.8 Å². The zero-order valence-corrected chi connectivity index (χ0v) is 16.1. The number of nitrogens with one attached hydrogen (secondary N) is 2. The van der Waals surface area contributed by atoms with Crippen LogP contribution in [-0.4, -0.2) is 48.9 Å². The molecule has 0 radical (unpaired) electrons. The summed E-state index contributed by atoms with van der Waals surface area (Å²) < 4.78 is 0. The fraction of sp³-hybridized carbons (Fsp3) is 0.615. The minimum Gasteiger partial charge on any atom is -0.357 e. The average Bonchev–Trinajstić information content (AvgIpc) is 2.89. The first-order valence-electron chi connectivity index (χ1n) is 6.72. The van der Waals surface area contributed by atoms with Gasteiger partial charge in [0.1, 0.15) is 11.6 Å². The third-order valence-electron chi connectivity index (χ3n) is 2.57. The number of aryl methyl sites for hydroxylation is 1. The number of amides is 1. The first-order valence-corrected chi connectivity index (χ1v) is 7.54. The van der Waals surface area contributed by atoms with Gasteiger partial charge < -0.3 is 15.5 Å². The molecule has 21 heavy (non-hydrogen) atoms. The Balaban J connectivity index is 0.00000400. The molecule has 1 rings (SSSR count). The van der Waals surface area contributed by atoms with Crippen LogP contribution in [0.3, 0.4) is 0 Å². The maximum absolute atomic E-state index is 11.5. The van der Waals surface area contributed by atoms with Gasteiger partial charge in [-0.25, -0.2) is 9.98 Å². The molecule has 0 saturated carbocycles. The fourth-order valence-corrected chi connectivity index (χ4v) is 2.18. The van der Waals surface area contributed by atoms with E-state index in [4.69, 9.17) is 0 Å². The minimum absolute atomic E-state index is 0. The van der Waals surface area contributed by atoms with E-state index in [-0.39, 0.29) is 36.4 Å². The molecule has 0 aliphatic carbocycles. The molecule has 1 heterocycles. The standard InChI is InChI=1S/C13H23N5OS.HI/c1-5-10-7-15-11(20-10)8-16-13(14-6-2)17-9-12(19)18(3)4;/h7H,5-6,8-9H2,1-4H3,(H2,14,16,17);1H. The van der Waals surface area contributed by atoms with Crippen molar-refractivity contribution < 1.29 is 4.79 Å². The summed E-state index contributed by atoms with van der Waals surface area (Å²) in [5, 5.41) is 7.32. The van der Waals surface area contributed by atoms with Crippen LogP contribution in [0.25, 0.3) is 0 Å². The molecular formula is C13H24IN5OS. The second-order valence-electron chi connectivity index (χ2n) is 4.41. The average molecular weight is 425 g/mol. The number of hydrogen-bond donors (Lipinski definition) is 2. The number of aromatic nitrogens is 1. The zero-order valence-electron chi connectivity index (χ0n) is 13.0. The normalized spacial score (nSPS) is 10.8. The number of carbonyl (C=O) groups excluding carboxylic acids is 1. The Kier molecular flexibility index (Phi) is 10.3. The van der Waals surface area contributed by atoms with Crippen LogP contribution < -0.4 is 10.6 Å². The molecule has 120 valence electrons.